The molecule has 2 amide bonds. The van der Waals surface area contributed by atoms with Gasteiger partial charge in [-0.3, -0.25) is 9.59 Å². The van der Waals surface area contributed by atoms with Crippen LogP contribution in [0.3, 0.4) is 0 Å². The first-order valence-corrected chi connectivity index (χ1v) is 15.4. The van der Waals surface area contributed by atoms with Crippen LogP contribution in [0, 0.1) is 11.8 Å². The number of piperidine rings is 1. The van der Waals surface area contributed by atoms with Crippen molar-refractivity contribution in [3.63, 3.8) is 0 Å². The van der Waals surface area contributed by atoms with Crippen molar-refractivity contribution in [3.8, 4) is 0 Å². The zero-order chi connectivity index (χ0) is 28.2. The maximum Gasteiger partial charge on any atom is 0.416 e. The van der Waals surface area contributed by atoms with Gasteiger partial charge in [0.1, 0.15) is 6.04 Å². The normalized spacial score (nSPS) is 23.5. The first-order chi connectivity index (χ1) is 18.5. The van der Waals surface area contributed by atoms with E-state index in [1.54, 1.807) is 4.90 Å². The molecule has 3 aliphatic heterocycles. The Labute approximate surface area is 229 Å². The Kier molecular flexibility index (Phi) is 9.59. The summed E-state index contributed by atoms with van der Waals surface area (Å²) >= 11 is 0. The SMILES string of the molecule is CCCCCC1CN(S(=O)(=O)N2CCCC(C(=O)N3CCC[C@@H]3C(=O)NCc3ccc(C(F)(F)F)cc3)C2)C1. The molecular formula is C27H39F3N4O4S. The second-order valence-electron chi connectivity index (χ2n) is 11.0. The van der Waals surface area contributed by atoms with Crippen molar-refractivity contribution in [3.05, 3.63) is 35.4 Å². The fourth-order valence-electron chi connectivity index (χ4n) is 5.75. The minimum Gasteiger partial charge on any atom is -0.350 e. The third-order valence-corrected chi connectivity index (χ3v) is 10.0. The minimum absolute atomic E-state index is 0.0558. The van der Waals surface area contributed by atoms with Crippen LogP contribution in [0.2, 0.25) is 0 Å². The van der Waals surface area contributed by atoms with Crippen molar-refractivity contribution in [2.24, 2.45) is 11.8 Å². The zero-order valence-electron chi connectivity index (χ0n) is 22.5. The molecule has 1 aromatic carbocycles. The summed E-state index contributed by atoms with van der Waals surface area (Å²) in [5.41, 5.74) is -0.228. The summed E-state index contributed by atoms with van der Waals surface area (Å²) in [6, 6.07) is 3.93. The fraction of sp³-hybridized carbons (Fsp3) is 0.704. The highest BCUT2D eigenvalue weighted by Crippen LogP contribution is 2.31. The molecule has 218 valence electrons. The average molecular weight is 573 g/mol. The number of benzene rings is 1. The van der Waals surface area contributed by atoms with Crippen molar-refractivity contribution in [1.29, 1.82) is 0 Å². The molecule has 0 radical (unpaired) electrons. The van der Waals surface area contributed by atoms with Gasteiger partial charge in [-0.25, -0.2) is 0 Å². The molecule has 0 bridgehead atoms. The van der Waals surface area contributed by atoms with E-state index < -0.39 is 33.9 Å². The van der Waals surface area contributed by atoms with Gasteiger partial charge in [-0.1, -0.05) is 38.3 Å². The molecule has 1 aromatic rings. The lowest BCUT2D eigenvalue weighted by Gasteiger charge is -2.43. The second kappa shape index (κ2) is 12.6. The van der Waals surface area contributed by atoms with Crippen molar-refractivity contribution in [2.75, 3.05) is 32.7 Å². The Hall–Kier alpha value is -2.18. The minimum atomic E-state index is -4.42. The first kappa shape index (κ1) is 29.8. The highest BCUT2D eigenvalue weighted by Gasteiger charge is 2.43. The summed E-state index contributed by atoms with van der Waals surface area (Å²) < 4.78 is 67.7. The van der Waals surface area contributed by atoms with Gasteiger partial charge in [0.15, 0.2) is 0 Å². The quantitative estimate of drug-likeness (QED) is 0.432. The summed E-state index contributed by atoms with van der Waals surface area (Å²) in [4.78, 5) is 27.9. The number of nitrogens with one attached hydrogen (secondary N) is 1. The van der Waals surface area contributed by atoms with Crippen LogP contribution in [-0.4, -0.2) is 72.5 Å². The average Bonchev–Trinajstić information content (AvgIpc) is 3.38. The van der Waals surface area contributed by atoms with Gasteiger partial charge in [0.05, 0.1) is 11.5 Å². The van der Waals surface area contributed by atoms with E-state index in [2.05, 4.69) is 12.2 Å². The van der Waals surface area contributed by atoms with Crippen molar-refractivity contribution < 1.29 is 31.2 Å². The van der Waals surface area contributed by atoms with Gasteiger partial charge >= 0.3 is 6.18 Å². The summed E-state index contributed by atoms with van der Waals surface area (Å²) in [5, 5.41) is 2.75. The molecule has 39 heavy (non-hydrogen) atoms. The van der Waals surface area contributed by atoms with Crippen molar-refractivity contribution in [2.45, 2.75) is 77.1 Å². The Bertz CT molecular complexity index is 1110. The molecule has 1 N–H and O–H groups in total. The van der Waals surface area contributed by atoms with Crippen LogP contribution in [-0.2, 0) is 32.5 Å². The third kappa shape index (κ3) is 7.13. The van der Waals surface area contributed by atoms with E-state index in [0.29, 0.717) is 63.3 Å². The van der Waals surface area contributed by atoms with Crippen LogP contribution in [0.5, 0.6) is 0 Å². The predicted octanol–water partition coefficient (Wildman–Crippen LogP) is 3.78. The molecule has 0 saturated carbocycles. The molecule has 3 heterocycles. The summed E-state index contributed by atoms with van der Waals surface area (Å²) in [7, 11) is -3.61. The van der Waals surface area contributed by atoms with Gasteiger partial charge < -0.3 is 10.2 Å². The number of nitrogens with zero attached hydrogens (tertiary/aromatic N) is 3. The molecule has 1 unspecified atom stereocenters. The van der Waals surface area contributed by atoms with Crippen LogP contribution in [0.1, 0.15) is 69.4 Å². The van der Waals surface area contributed by atoms with E-state index in [0.717, 1.165) is 37.8 Å². The first-order valence-electron chi connectivity index (χ1n) is 14.0. The molecular weight excluding hydrogens is 533 g/mol. The molecule has 2 atom stereocenters. The molecule has 12 heteroatoms. The van der Waals surface area contributed by atoms with E-state index in [9.17, 15) is 31.2 Å². The molecule has 4 rings (SSSR count). The summed E-state index contributed by atoms with van der Waals surface area (Å²) in [5.74, 6) is -0.655. The number of rotatable bonds is 10. The lowest BCUT2D eigenvalue weighted by atomic mass is 9.96. The van der Waals surface area contributed by atoms with Gasteiger partial charge in [0, 0.05) is 39.3 Å². The lowest BCUT2D eigenvalue weighted by molar-refractivity contribution is -0.142. The number of carbonyl (C=O) groups excluding carboxylic acids is 2. The predicted molar refractivity (Wildman–Crippen MR) is 140 cm³/mol. The zero-order valence-corrected chi connectivity index (χ0v) is 23.3. The van der Waals surface area contributed by atoms with Crippen LogP contribution < -0.4 is 5.32 Å². The Morgan fingerprint density at radius 3 is 2.33 bits per heavy atom. The monoisotopic (exact) mass is 572 g/mol. The fourth-order valence-corrected chi connectivity index (χ4v) is 7.60. The van der Waals surface area contributed by atoms with E-state index in [4.69, 9.17) is 0 Å². The van der Waals surface area contributed by atoms with Gasteiger partial charge in [0.25, 0.3) is 10.2 Å². The van der Waals surface area contributed by atoms with Gasteiger partial charge in [-0.05, 0) is 55.7 Å². The summed E-state index contributed by atoms with van der Waals surface area (Å²) in [6.45, 7) is 4.20. The largest absolute Gasteiger partial charge is 0.416 e. The number of likely N-dealkylation sites (tertiary alicyclic amines) is 1. The number of carbonyl (C=O) groups is 2. The third-order valence-electron chi connectivity index (χ3n) is 8.11. The van der Waals surface area contributed by atoms with E-state index >= 15 is 0 Å². The Morgan fingerprint density at radius 1 is 0.974 bits per heavy atom. The molecule has 3 fully saturated rings. The molecule has 3 aliphatic rings. The molecule has 8 nitrogen and oxygen atoms in total. The highest BCUT2D eigenvalue weighted by atomic mass is 32.2. The van der Waals surface area contributed by atoms with E-state index in [1.807, 2.05) is 0 Å². The Balaban J connectivity index is 1.30. The van der Waals surface area contributed by atoms with Crippen LogP contribution in [0.15, 0.2) is 24.3 Å². The molecule has 3 saturated heterocycles. The smallest absolute Gasteiger partial charge is 0.350 e. The van der Waals surface area contributed by atoms with Crippen molar-refractivity contribution >= 4 is 22.0 Å². The maximum atomic E-state index is 13.4. The topological polar surface area (TPSA) is 90.0 Å². The molecule has 0 aliphatic carbocycles. The number of hydrogen-bond donors (Lipinski definition) is 1. The summed E-state index contributed by atoms with van der Waals surface area (Å²) in [6.07, 6.45) is 2.33. The standard InChI is InChI=1S/C27H39F3N4O4S/c1-2-3-4-7-21-17-33(18-21)39(37,38)32-14-5-8-22(19-32)26(36)34-15-6-9-24(34)25(35)31-16-20-10-12-23(13-11-20)27(28,29)30/h10-13,21-22,24H,2-9,14-19H2,1H3,(H,31,35)/t22?,24-/m1/s1. The number of amides is 2. The van der Waals surface area contributed by atoms with Gasteiger partial charge in [-0.2, -0.15) is 30.2 Å². The second-order valence-corrected chi connectivity index (χ2v) is 12.9. The van der Waals surface area contributed by atoms with Gasteiger partial charge in [-0.15, -0.1) is 0 Å². The van der Waals surface area contributed by atoms with Crippen LogP contribution in [0.4, 0.5) is 13.2 Å². The van der Waals surface area contributed by atoms with E-state index in [1.165, 1.54) is 20.7 Å². The van der Waals surface area contributed by atoms with Crippen LogP contribution >= 0.6 is 0 Å². The lowest BCUT2D eigenvalue weighted by Crippen LogP contribution is -2.58. The van der Waals surface area contributed by atoms with Crippen molar-refractivity contribution in [1.82, 2.24) is 18.8 Å². The maximum absolute atomic E-state index is 13.4. The number of unbranched alkanes of at least 4 members (excludes halogenated alkanes) is 2. The number of alkyl halides is 3. The van der Waals surface area contributed by atoms with Gasteiger partial charge in [0.2, 0.25) is 11.8 Å². The molecule has 0 aromatic heterocycles. The number of halogens is 3. The highest BCUT2D eigenvalue weighted by molar-refractivity contribution is 7.86. The van der Waals surface area contributed by atoms with E-state index in [-0.39, 0.29) is 24.9 Å². The Morgan fingerprint density at radius 2 is 1.67 bits per heavy atom. The molecule has 0 spiro atoms. The number of hydrogen-bond acceptors (Lipinski definition) is 4. The van der Waals surface area contributed by atoms with Crippen LogP contribution in [0.25, 0.3) is 0 Å².